The molecule has 0 atom stereocenters. The van der Waals surface area contributed by atoms with Crippen LogP contribution >= 0.6 is 28.8 Å². The summed E-state index contributed by atoms with van der Waals surface area (Å²) in [7, 11) is -0.924. The highest BCUT2D eigenvalue weighted by molar-refractivity contribution is 14.2. The minimum Gasteiger partial charge on any atom is -0.243 e. The molecule has 0 heterocycles. The molecule has 0 radical (unpaired) electrons. The molecule has 0 saturated heterocycles. The van der Waals surface area contributed by atoms with Crippen LogP contribution in [0.4, 0.5) is 0 Å². The van der Waals surface area contributed by atoms with E-state index in [4.69, 9.17) is 0 Å². The van der Waals surface area contributed by atoms with Crippen LogP contribution in [0.5, 0.6) is 0 Å². The Morgan fingerprint density at radius 1 is 0.647 bits per heavy atom. The third-order valence-electron chi connectivity index (χ3n) is 2.81. The van der Waals surface area contributed by atoms with E-state index in [-0.39, 0.29) is 0 Å². The molecule has 0 spiro atoms. The fraction of sp³-hybridized carbons (Fsp3) is 1.00. The summed E-state index contributed by atoms with van der Waals surface area (Å²) in [6.45, 7) is 18.5. The number of hydrogen-bond donors (Lipinski definition) is 0. The fourth-order valence-corrected chi connectivity index (χ4v) is 11.6. The molecular formula is C13H31IN2S. The van der Waals surface area contributed by atoms with Gasteiger partial charge in [0.05, 0.1) is 0 Å². The minimum atomic E-state index is -0.924. The van der Waals surface area contributed by atoms with E-state index in [2.05, 4.69) is 91.5 Å². The highest BCUT2D eigenvalue weighted by Crippen LogP contribution is 2.62. The molecule has 0 aromatic rings. The lowest BCUT2D eigenvalue weighted by Crippen LogP contribution is -2.48. The quantitative estimate of drug-likeness (QED) is 0.614. The molecule has 0 unspecified atom stereocenters. The normalized spacial score (nSPS) is 15.1. The third-order valence-corrected chi connectivity index (χ3v) is 8.76. The maximum Gasteiger partial charge on any atom is 0.0151 e. The molecular weight excluding hydrogens is 343 g/mol. The third kappa shape index (κ3) is 4.55. The van der Waals surface area contributed by atoms with Crippen molar-refractivity contribution in [1.82, 2.24) is 8.61 Å². The number of nitrogens with zero attached hydrogens (tertiary/aromatic N) is 2. The molecule has 0 fully saturated rings. The predicted octanol–water partition coefficient (Wildman–Crippen LogP) is 4.84. The van der Waals surface area contributed by atoms with Crippen LogP contribution < -0.4 is 0 Å². The Balaban J connectivity index is 5.30. The second-order valence-corrected chi connectivity index (χ2v) is 13.2. The maximum atomic E-state index is 2.70. The van der Waals surface area contributed by atoms with Crippen LogP contribution in [0, 0.1) is 0 Å². The van der Waals surface area contributed by atoms with Crippen molar-refractivity contribution in [3.05, 3.63) is 0 Å². The molecule has 0 amide bonds. The van der Waals surface area contributed by atoms with Crippen LogP contribution in [0.2, 0.25) is 0 Å². The molecule has 17 heavy (non-hydrogen) atoms. The summed E-state index contributed by atoms with van der Waals surface area (Å²) in [4.78, 5) is 0. The van der Waals surface area contributed by atoms with Crippen molar-refractivity contribution in [2.45, 2.75) is 79.6 Å². The van der Waals surface area contributed by atoms with E-state index in [0.29, 0.717) is 24.2 Å². The topological polar surface area (TPSA) is 6.48 Å². The highest BCUT2D eigenvalue weighted by Gasteiger charge is 2.36. The van der Waals surface area contributed by atoms with Crippen LogP contribution in [0.1, 0.15) is 55.4 Å². The summed E-state index contributed by atoms with van der Waals surface area (Å²) in [5, 5.41) is 0. The standard InChI is InChI=1S/C13H31IN2S/c1-10(2)15(11(3)4)17(9,14)16(12(5)6)13(7)8/h10-13H,1-9H3. The Morgan fingerprint density at radius 2 is 0.824 bits per heavy atom. The molecule has 2 nitrogen and oxygen atoms in total. The summed E-state index contributed by atoms with van der Waals surface area (Å²) in [6.07, 6.45) is 2.42. The van der Waals surface area contributed by atoms with Crippen molar-refractivity contribution in [3.8, 4) is 0 Å². The van der Waals surface area contributed by atoms with Crippen molar-refractivity contribution < 1.29 is 0 Å². The smallest absolute Gasteiger partial charge is 0.0151 e. The second-order valence-electron chi connectivity index (χ2n) is 5.83. The molecule has 0 saturated carbocycles. The van der Waals surface area contributed by atoms with Crippen LogP contribution in [-0.2, 0) is 0 Å². The van der Waals surface area contributed by atoms with Gasteiger partial charge in [0.25, 0.3) is 0 Å². The first-order valence-electron chi connectivity index (χ1n) is 6.58. The zero-order valence-corrected chi connectivity index (χ0v) is 16.0. The highest BCUT2D eigenvalue weighted by atomic mass is 127. The SMILES string of the molecule is CC(C)N(C(C)C)S(C)(I)N(C(C)C)C(C)C. The Labute approximate surface area is 123 Å². The zero-order valence-electron chi connectivity index (χ0n) is 13.0. The van der Waals surface area contributed by atoms with E-state index < -0.39 is 7.57 Å². The molecule has 0 N–H and O–H groups in total. The lowest BCUT2D eigenvalue weighted by atomic mass is 10.3. The summed E-state index contributed by atoms with van der Waals surface area (Å²) in [5.41, 5.74) is 0. The van der Waals surface area contributed by atoms with Crippen LogP contribution in [-0.4, -0.2) is 39.0 Å². The summed E-state index contributed by atoms with van der Waals surface area (Å²) >= 11 is 2.70. The molecule has 106 valence electrons. The van der Waals surface area contributed by atoms with Gasteiger partial charge in [-0.15, -0.1) is 0 Å². The Kier molecular flexibility index (Phi) is 7.37. The number of rotatable bonds is 6. The van der Waals surface area contributed by atoms with Gasteiger partial charge in [-0.1, -0.05) is 7.57 Å². The first kappa shape index (κ1) is 18.0. The van der Waals surface area contributed by atoms with E-state index in [9.17, 15) is 0 Å². The minimum absolute atomic E-state index is 0.590. The first-order valence-corrected chi connectivity index (χ1v) is 11.1. The lowest BCUT2D eigenvalue weighted by Gasteiger charge is -2.55. The van der Waals surface area contributed by atoms with Gasteiger partial charge in [-0.2, -0.15) is 0 Å². The first-order chi connectivity index (χ1) is 7.53. The largest absolute Gasteiger partial charge is 0.243 e. The molecule has 0 aliphatic rings. The molecule has 0 aliphatic heterocycles. The maximum absolute atomic E-state index is 2.70. The van der Waals surface area contributed by atoms with Gasteiger partial charge in [-0.3, -0.25) is 0 Å². The molecule has 0 aromatic heterocycles. The molecule has 0 aromatic carbocycles. The van der Waals surface area contributed by atoms with E-state index >= 15 is 0 Å². The van der Waals surface area contributed by atoms with Crippen molar-refractivity contribution in [2.24, 2.45) is 0 Å². The summed E-state index contributed by atoms with van der Waals surface area (Å²) < 4.78 is 5.35. The molecule has 0 aliphatic carbocycles. The van der Waals surface area contributed by atoms with Crippen molar-refractivity contribution in [3.63, 3.8) is 0 Å². The van der Waals surface area contributed by atoms with Gasteiger partial charge in [0, 0.05) is 45.4 Å². The van der Waals surface area contributed by atoms with Gasteiger partial charge in [-0.25, -0.2) is 8.61 Å². The van der Waals surface area contributed by atoms with E-state index in [1.165, 1.54) is 0 Å². The van der Waals surface area contributed by atoms with Gasteiger partial charge >= 0.3 is 0 Å². The lowest BCUT2D eigenvalue weighted by molar-refractivity contribution is 0.271. The van der Waals surface area contributed by atoms with Crippen molar-refractivity contribution in [1.29, 1.82) is 0 Å². The molecule has 4 heteroatoms. The van der Waals surface area contributed by atoms with Gasteiger partial charge in [0.1, 0.15) is 0 Å². The fourth-order valence-electron chi connectivity index (χ4n) is 2.84. The van der Waals surface area contributed by atoms with E-state index in [1.807, 2.05) is 0 Å². The van der Waals surface area contributed by atoms with Gasteiger partial charge in [-0.05, 0) is 61.6 Å². The molecule has 0 bridgehead atoms. The van der Waals surface area contributed by atoms with Crippen LogP contribution in [0.25, 0.3) is 0 Å². The predicted molar refractivity (Wildman–Crippen MR) is 91.8 cm³/mol. The Hall–Kier alpha value is 1.00. The number of hydrogen-bond acceptors (Lipinski definition) is 2. The Bertz CT molecular complexity index is 189. The van der Waals surface area contributed by atoms with E-state index in [0.717, 1.165) is 0 Å². The second kappa shape index (κ2) is 6.96. The average molecular weight is 374 g/mol. The zero-order chi connectivity index (χ0) is 14.0. The van der Waals surface area contributed by atoms with Crippen molar-refractivity contribution >= 4 is 28.8 Å². The number of halogens is 1. The molecule has 0 rings (SSSR count). The van der Waals surface area contributed by atoms with Gasteiger partial charge in [0.2, 0.25) is 0 Å². The summed E-state index contributed by atoms with van der Waals surface area (Å²) in [5.74, 6) is 0. The van der Waals surface area contributed by atoms with Gasteiger partial charge in [0.15, 0.2) is 0 Å². The average Bonchev–Trinajstić information content (AvgIpc) is 1.96. The van der Waals surface area contributed by atoms with Crippen LogP contribution in [0.3, 0.4) is 0 Å². The monoisotopic (exact) mass is 374 g/mol. The van der Waals surface area contributed by atoms with Crippen molar-refractivity contribution in [2.75, 3.05) is 6.26 Å². The van der Waals surface area contributed by atoms with Crippen LogP contribution in [0.15, 0.2) is 0 Å². The Morgan fingerprint density at radius 3 is 0.941 bits per heavy atom. The summed E-state index contributed by atoms with van der Waals surface area (Å²) in [6, 6.07) is 2.36. The van der Waals surface area contributed by atoms with Gasteiger partial charge < -0.3 is 0 Å². The van der Waals surface area contributed by atoms with E-state index in [1.54, 1.807) is 0 Å².